The summed E-state index contributed by atoms with van der Waals surface area (Å²) in [5.74, 6) is 0.0388. The lowest BCUT2D eigenvalue weighted by atomic mass is 9.43. The molecule has 0 saturated heterocycles. The topological polar surface area (TPSA) is 98.0 Å². The second-order valence-electron chi connectivity index (χ2n) is 13.5. The van der Waals surface area contributed by atoms with Gasteiger partial charge in [0.15, 0.2) is 0 Å². The Kier molecular flexibility index (Phi) is 5.27. The fourth-order valence-electron chi connectivity index (χ4n) is 10.4. The van der Waals surface area contributed by atoms with Crippen LogP contribution in [0.3, 0.4) is 0 Å². The number of fused-ring (bicyclic) bond motifs is 7. The Morgan fingerprint density at radius 2 is 1.62 bits per heavy atom. The number of carbonyl (C=O) groups excluding carboxylic acids is 1. The molecule has 0 aliphatic heterocycles. The normalized spacial score (nSPS) is 59.5. The standard InChI is InChI=1S/C27H44O5/c1-13(2)11-27(32)12-14(3)19-21(27)24(31)20-18-16(7-9-26(19,20)5)25(4)8-6-15(28)10-17(25)22(29)23(18)30/h13-23,28-30,32H,6-12H2,1-5H3/t14-,15-,16+,17-,18-,19+,20+,21-,22-,23-,25-,26-,27-/m1/s1. The predicted octanol–water partition coefficient (Wildman–Crippen LogP) is 3.17. The molecule has 5 saturated carbocycles. The highest BCUT2D eigenvalue weighted by Gasteiger charge is 2.73. The van der Waals surface area contributed by atoms with Gasteiger partial charge in [-0.1, -0.05) is 34.6 Å². The maximum atomic E-state index is 14.2. The second-order valence-corrected chi connectivity index (χ2v) is 13.5. The van der Waals surface area contributed by atoms with Crippen LogP contribution >= 0.6 is 0 Å². The van der Waals surface area contributed by atoms with Crippen molar-refractivity contribution in [2.75, 3.05) is 0 Å². The number of hydrogen-bond donors (Lipinski definition) is 4. The van der Waals surface area contributed by atoms with E-state index in [0.717, 1.165) is 25.7 Å². The Labute approximate surface area is 193 Å². The molecule has 32 heavy (non-hydrogen) atoms. The molecular weight excluding hydrogens is 404 g/mol. The van der Waals surface area contributed by atoms with E-state index in [1.54, 1.807) is 0 Å². The van der Waals surface area contributed by atoms with Crippen molar-refractivity contribution in [1.82, 2.24) is 0 Å². The largest absolute Gasteiger partial charge is 0.393 e. The van der Waals surface area contributed by atoms with Crippen LogP contribution in [0.15, 0.2) is 0 Å². The molecule has 5 aliphatic rings. The van der Waals surface area contributed by atoms with Crippen LogP contribution < -0.4 is 0 Å². The van der Waals surface area contributed by atoms with Gasteiger partial charge in [0.2, 0.25) is 0 Å². The third kappa shape index (κ3) is 2.86. The van der Waals surface area contributed by atoms with Crippen molar-refractivity contribution in [2.24, 2.45) is 58.2 Å². The summed E-state index contributed by atoms with van der Waals surface area (Å²) in [5.41, 5.74) is -1.35. The van der Waals surface area contributed by atoms with Crippen LogP contribution in [0, 0.1) is 58.2 Å². The van der Waals surface area contributed by atoms with E-state index in [2.05, 4.69) is 34.6 Å². The molecule has 0 amide bonds. The van der Waals surface area contributed by atoms with Crippen LogP contribution in [0.1, 0.15) is 79.6 Å². The van der Waals surface area contributed by atoms with Crippen LogP contribution in [0.4, 0.5) is 0 Å². The molecule has 5 rings (SSSR count). The molecule has 0 aromatic carbocycles. The van der Waals surface area contributed by atoms with Crippen LogP contribution in [-0.2, 0) is 4.79 Å². The highest BCUT2D eigenvalue weighted by molar-refractivity contribution is 5.89. The van der Waals surface area contributed by atoms with E-state index in [0.29, 0.717) is 25.2 Å². The van der Waals surface area contributed by atoms with Gasteiger partial charge in [-0.25, -0.2) is 0 Å². The first-order valence-electron chi connectivity index (χ1n) is 13.2. The van der Waals surface area contributed by atoms with E-state index in [1.807, 2.05) is 0 Å². The van der Waals surface area contributed by atoms with Crippen molar-refractivity contribution in [1.29, 1.82) is 0 Å². The van der Waals surface area contributed by atoms with Crippen molar-refractivity contribution in [2.45, 2.75) is 103 Å². The van der Waals surface area contributed by atoms with Gasteiger partial charge in [-0.15, -0.1) is 0 Å². The molecule has 0 spiro atoms. The lowest BCUT2D eigenvalue weighted by Crippen LogP contribution is -2.65. The first kappa shape index (κ1) is 23.3. The number of Topliss-reactive ketones (excluding diaryl/α,β-unsaturated/α-hetero) is 1. The molecule has 5 nitrogen and oxygen atoms in total. The van der Waals surface area contributed by atoms with E-state index in [-0.39, 0.29) is 58.0 Å². The van der Waals surface area contributed by atoms with Crippen molar-refractivity contribution >= 4 is 5.78 Å². The molecular formula is C27H44O5. The Balaban J connectivity index is 1.56. The van der Waals surface area contributed by atoms with Gasteiger partial charge in [-0.3, -0.25) is 4.79 Å². The monoisotopic (exact) mass is 448 g/mol. The van der Waals surface area contributed by atoms with Crippen LogP contribution in [0.2, 0.25) is 0 Å². The van der Waals surface area contributed by atoms with E-state index in [1.165, 1.54) is 0 Å². The average Bonchev–Trinajstić information content (AvgIpc) is 3.10. The summed E-state index contributed by atoms with van der Waals surface area (Å²) < 4.78 is 0. The van der Waals surface area contributed by atoms with Crippen LogP contribution in [0.25, 0.3) is 0 Å². The van der Waals surface area contributed by atoms with E-state index < -0.39 is 23.9 Å². The van der Waals surface area contributed by atoms with Crippen LogP contribution in [0.5, 0.6) is 0 Å². The number of rotatable bonds is 2. The zero-order valence-corrected chi connectivity index (χ0v) is 20.5. The minimum atomic E-state index is -0.954. The molecule has 0 aromatic rings. The van der Waals surface area contributed by atoms with Crippen molar-refractivity contribution in [3.8, 4) is 0 Å². The summed E-state index contributed by atoms with van der Waals surface area (Å²) in [4.78, 5) is 14.2. The minimum Gasteiger partial charge on any atom is -0.393 e. The first-order valence-corrected chi connectivity index (χ1v) is 13.2. The Bertz CT molecular complexity index is 782. The van der Waals surface area contributed by atoms with Crippen molar-refractivity contribution in [3.63, 3.8) is 0 Å². The Morgan fingerprint density at radius 1 is 0.969 bits per heavy atom. The summed E-state index contributed by atoms with van der Waals surface area (Å²) >= 11 is 0. The van der Waals surface area contributed by atoms with Gasteiger partial charge in [0.05, 0.1) is 29.8 Å². The number of aliphatic hydroxyl groups excluding tert-OH is 3. The maximum absolute atomic E-state index is 14.2. The fraction of sp³-hybridized carbons (Fsp3) is 0.963. The van der Waals surface area contributed by atoms with Crippen LogP contribution in [-0.4, -0.2) is 50.1 Å². The van der Waals surface area contributed by atoms with E-state index in [4.69, 9.17) is 0 Å². The van der Waals surface area contributed by atoms with Gasteiger partial charge in [0.25, 0.3) is 0 Å². The first-order chi connectivity index (χ1) is 14.8. The lowest BCUT2D eigenvalue weighted by molar-refractivity contribution is -0.221. The molecule has 5 heteroatoms. The summed E-state index contributed by atoms with van der Waals surface area (Å²) in [5, 5.41) is 44.7. The molecule has 5 aliphatic carbocycles. The Morgan fingerprint density at radius 3 is 2.28 bits per heavy atom. The van der Waals surface area contributed by atoms with Gasteiger partial charge in [0, 0.05) is 11.8 Å². The predicted molar refractivity (Wildman–Crippen MR) is 121 cm³/mol. The minimum absolute atomic E-state index is 0.125. The second kappa shape index (κ2) is 7.26. The number of aliphatic hydroxyl groups is 4. The van der Waals surface area contributed by atoms with Gasteiger partial charge in [0.1, 0.15) is 5.78 Å². The number of carbonyl (C=O) groups is 1. The molecule has 0 radical (unpaired) electrons. The average molecular weight is 449 g/mol. The van der Waals surface area contributed by atoms with Gasteiger partial charge in [-0.05, 0) is 85.4 Å². The molecule has 0 aromatic heterocycles. The highest BCUT2D eigenvalue weighted by atomic mass is 16.3. The van der Waals surface area contributed by atoms with Crippen molar-refractivity contribution in [3.05, 3.63) is 0 Å². The molecule has 0 unspecified atom stereocenters. The summed E-state index contributed by atoms with van der Waals surface area (Å²) in [6.07, 6.45) is 3.06. The summed E-state index contributed by atoms with van der Waals surface area (Å²) in [7, 11) is 0. The smallest absolute Gasteiger partial charge is 0.143 e. The van der Waals surface area contributed by atoms with Gasteiger partial charge >= 0.3 is 0 Å². The quantitative estimate of drug-likeness (QED) is 0.520. The fourth-order valence-corrected chi connectivity index (χ4v) is 10.4. The van der Waals surface area contributed by atoms with Gasteiger partial charge < -0.3 is 20.4 Å². The number of ketones is 1. The molecule has 5 fully saturated rings. The van der Waals surface area contributed by atoms with E-state index >= 15 is 0 Å². The number of hydrogen-bond acceptors (Lipinski definition) is 5. The molecule has 0 heterocycles. The zero-order chi connectivity index (χ0) is 23.4. The lowest BCUT2D eigenvalue weighted by Gasteiger charge is -2.63. The maximum Gasteiger partial charge on any atom is 0.143 e. The zero-order valence-electron chi connectivity index (χ0n) is 20.5. The molecule has 4 N–H and O–H groups in total. The molecule has 0 bridgehead atoms. The highest BCUT2D eigenvalue weighted by Crippen LogP contribution is 2.71. The third-order valence-electron chi connectivity index (χ3n) is 11.3. The molecule has 182 valence electrons. The van der Waals surface area contributed by atoms with Gasteiger partial charge in [-0.2, -0.15) is 0 Å². The Hall–Kier alpha value is -0.490. The summed E-state index contributed by atoms with van der Waals surface area (Å²) in [6.45, 7) is 10.9. The SMILES string of the molecule is CC(C)C[C@@]1(O)C[C@@H](C)[C@H]2[C@@H]1C(=O)[C@@H]1[C@@H]3[C@@H](O)[C@H](O)[C@H]4C[C@H](O)CC[C@]4(C)[C@H]3CC[C@]21C. The molecule has 13 atom stereocenters. The van der Waals surface area contributed by atoms with Crippen molar-refractivity contribution < 1.29 is 25.2 Å². The van der Waals surface area contributed by atoms with E-state index in [9.17, 15) is 25.2 Å². The summed E-state index contributed by atoms with van der Waals surface area (Å²) in [6, 6.07) is 0. The third-order valence-corrected chi connectivity index (χ3v) is 11.3.